The second-order valence-corrected chi connectivity index (χ2v) is 21.2. The molecule has 0 aliphatic carbocycles. The number of methoxy groups -OCH3 is 1. The first-order valence-electron chi connectivity index (χ1n) is 19.5. The van der Waals surface area contributed by atoms with Gasteiger partial charge in [-0.05, 0) is 53.2 Å². The predicted octanol–water partition coefficient (Wildman–Crippen LogP) is 7.54. The van der Waals surface area contributed by atoms with Gasteiger partial charge in [-0.25, -0.2) is 0 Å². The van der Waals surface area contributed by atoms with Crippen LogP contribution in [0, 0.1) is 11.3 Å². The molecule has 0 saturated carbocycles. The molecule has 0 radical (unpaired) electrons. The van der Waals surface area contributed by atoms with Gasteiger partial charge in [-0.3, -0.25) is 4.79 Å². The quantitative estimate of drug-likeness (QED) is 0.0660. The number of hydrogen-bond donors (Lipinski definition) is 4. The molecule has 53 heavy (non-hydrogen) atoms. The van der Waals surface area contributed by atoms with Crippen LogP contribution in [0.1, 0.15) is 114 Å². The molecule has 1 fully saturated rings. The van der Waals surface area contributed by atoms with Gasteiger partial charge in [0.25, 0.3) is 8.32 Å². The molecule has 8 nitrogen and oxygen atoms in total. The zero-order chi connectivity index (χ0) is 39.6. The molecule has 1 heterocycles. The maximum absolute atomic E-state index is 12.3. The molecule has 0 unspecified atom stereocenters. The van der Waals surface area contributed by atoms with E-state index in [0.717, 1.165) is 41.6 Å². The lowest BCUT2D eigenvalue weighted by atomic mass is 9.73. The fraction of sp³-hybridized carbons (Fsp3) is 0.614. The minimum absolute atomic E-state index is 0.236. The van der Waals surface area contributed by atoms with Crippen molar-refractivity contribution in [3.05, 3.63) is 84.0 Å². The van der Waals surface area contributed by atoms with Crippen LogP contribution in [-0.4, -0.2) is 78.1 Å². The van der Waals surface area contributed by atoms with E-state index in [2.05, 4.69) is 52.0 Å². The van der Waals surface area contributed by atoms with Crippen molar-refractivity contribution in [1.29, 1.82) is 0 Å². The molecule has 9 heteroatoms. The average molecular weight is 753 g/mol. The molecule has 1 aliphatic rings. The van der Waals surface area contributed by atoms with Gasteiger partial charge in [0.2, 0.25) is 0 Å². The van der Waals surface area contributed by atoms with Gasteiger partial charge in [-0.2, -0.15) is 0 Å². The zero-order valence-electron chi connectivity index (χ0n) is 34.0. The molecule has 0 spiro atoms. The fourth-order valence-corrected chi connectivity index (χ4v) is 12.8. The molecule has 3 rings (SSSR count). The van der Waals surface area contributed by atoms with Crippen molar-refractivity contribution in [1.82, 2.24) is 0 Å². The van der Waals surface area contributed by atoms with Crippen molar-refractivity contribution in [3.63, 3.8) is 0 Å². The molecule has 7 atom stereocenters. The normalized spacial score (nSPS) is 23.0. The first-order chi connectivity index (χ1) is 24.8. The summed E-state index contributed by atoms with van der Waals surface area (Å²) in [4.78, 5) is 12.3. The average Bonchev–Trinajstić information content (AvgIpc) is 3.11. The Morgan fingerprint density at radius 2 is 1.55 bits per heavy atom. The second kappa shape index (κ2) is 19.3. The Bertz CT molecular complexity index is 1440. The maximum atomic E-state index is 12.3. The van der Waals surface area contributed by atoms with E-state index in [1.54, 1.807) is 0 Å². The molecule has 0 aromatic heterocycles. The molecular formula is C44H68O8Si. The molecular weight excluding hydrogens is 685 g/mol. The summed E-state index contributed by atoms with van der Waals surface area (Å²) >= 11 is 0. The van der Waals surface area contributed by atoms with Crippen molar-refractivity contribution < 1.29 is 39.1 Å². The van der Waals surface area contributed by atoms with Crippen molar-refractivity contribution in [3.8, 4) is 0 Å². The van der Waals surface area contributed by atoms with E-state index < -0.39 is 56.0 Å². The highest BCUT2D eigenvalue weighted by atomic mass is 28.4. The second-order valence-electron chi connectivity index (χ2n) is 16.9. The largest absolute Gasteiger partial charge is 0.481 e. The third-order valence-corrected chi connectivity index (χ3v) is 16.3. The Morgan fingerprint density at radius 1 is 0.981 bits per heavy atom. The molecule has 0 amide bonds. The third-order valence-electron chi connectivity index (χ3n) is 11.2. The summed E-state index contributed by atoms with van der Waals surface area (Å²) in [5, 5.41) is 45.5. The van der Waals surface area contributed by atoms with Crippen molar-refractivity contribution in [2.75, 3.05) is 7.11 Å². The molecule has 0 bridgehead atoms. The maximum Gasteiger partial charge on any atom is 0.308 e. The highest BCUT2D eigenvalue weighted by Gasteiger charge is 2.54. The SMILES string of the molecule is CCCCC[C@@H](O)C/C=C(\C)[C@@H](O)C(C)(C)[C@H](O)[C@@H](C)/C=C(\C)[C@@H]1C[C@H](O[Si](c2ccccc2)(c2ccccc2)C(C)(C)C)C[C@@](CC(=O)O)(OC)O1. The topological polar surface area (TPSA) is 126 Å². The lowest BCUT2D eigenvalue weighted by molar-refractivity contribution is -0.278. The number of hydrogen-bond acceptors (Lipinski definition) is 7. The van der Waals surface area contributed by atoms with E-state index >= 15 is 0 Å². The number of aliphatic carboxylic acids is 1. The number of ether oxygens (including phenoxy) is 2. The number of carbonyl (C=O) groups is 1. The number of rotatable bonds is 19. The van der Waals surface area contributed by atoms with Gasteiger partial charge in [0.1, 0.15) is 0 Å². The molecule has 2 aromatic rings. The summed E-state index contributed by atoms with van der Waals surface area (Å²) in [7, 11) is -1.52. The number of unbranched alkanes of at least 4 members (excludes halogenated alkanes) is 2. The Balaban J connectivity index is 1.96. The van der Waals surface area contributed by atoms with Crippen LogP contribution in [0.3, 0.4) is 0 Å². The lowest BCUT2D eigenvalue weighted by Gasteiger charge is -2.49. The van der Waals surface area contributed by atoms with Crippen LogP contribution < -0.4 is 10.4 Å². The summed E-state index contributed by atoms with van der Waals surface area (Å²) in [5.41, 5.74) is 0.632. The van der Waals surface area contributed by atoms with Gasteiger partial charge in [-0.1, -0.05) is 141 Å². The Hall–Kier alpha value is -2.63. The van der Waals surface area contributed by atoms with Gasteiger partial charge in [-0.15, -0.1) is 0 Å². The number of aliphatic hydroxyl groups is 3. The van der Waals surface area contributed by atoms with Crippen LogP contribution in [0.2, 0.25) is 5.04 Å². The van der Waals surface area contributed by atoms with Gasteiger partial charge in [0, 0.05) is 31.3 Å². The summed E-state index contributed by atoms with van der Waals surface area (Å²) in [6.45, 7) is 18.2. The zero-order valence-corrected chi connectivity index (χ0v) is 35.0. The smallest absolute Gasteiger partial charge is 0.308 e. The summed E-state index contributed by atoms with van der Waals surface area (Å²) < 4.78 is 20.0. The summed E-state index contributed by atoms with van der Waals surface area (Å²) in [5.74, 6) is -2.85. The molecule has 4 N–H and O–H groups in total. The van der Waals surface area contributed by atoms with Crippen molar-refractivity contribution in [2.45, 2.75) is 155 Å². The Labute approximate surface area is 320 Å². The van der Waals surface area contributed by atoms with E-state index in [9.17, 15) is 25.2 Å². The van der Waals surface area contributed by atoms with E-state index in [0.29, 0.717) is 18.4 Å². The van der Waals surface area contributed by atoms with Crippen LogP contribution >= 0.6 is 0 Å². The standard InChI is InChI=1S/C44H68O8Si/c1-11-12-15-20-34(45)26-25-31(2)40(48)43(8,9)41(49)33(4)27-32(3)38-28-35(29-44(50-10,51-38)30-39(46)47)52-53(42(5,6)7,36-21-16-13-17-22-36)37-23-18-14-19-24-37/h13-14,16-19,21-25,27,33-35,38,40-41,45,48-49H,11-12,15,20,26,28-30H2,1-10H3,(H,46,47)/b31-25+,32-27+/t33-,34+,35-,38-,40+,41+,44+/m0/s1. The molecule has 1 aliphatic heterocycles. The monoisotopic (exact) mass is 752 g/mol. The van der Waals surface area contributed by atoms with Gasteiger partial charge < -0.3 is 34.3 Å². The van der Waals surface area contributed by atoms with Crippen molar-refractivity contribution >= 4 is 24.7 Å². The van der Waals surface area contributed by atoms with E-state index in [1.165, 1.54) is 7.11 Å². The first-order valence-corrected chi connectivity index (χ1v) is 21.4. The number of aliphatic hydroxyl groups excluding tert-OH is 3. The molecule has 2 aromatic carbocycles. The number of carboxylic acid groups (broad SMARTS) is 1. The van der Waals surface area contributed by atoms with E-state index in [1.807, 2.05) is 83.2 Å². The van der Waals surface area contributed by atoms with Gasteiger partial charge in [0.15, 0.2) is 5.79 Å². The van der Waals surface area contributed by atoms with Gasteiger partial charge >= 0.3 is 5.97 Å². The highest BCUT2D eigenvalue weighted by molar-refractivity contribution is 6.99. The summed E-state index contributed by atoms with van der Waals surface area (Å²) in [6.07, 6.45) is 5.26. The number of benzene rings is 2. The van der Waals surface area contributed by atoms with E-state index in [4.69, 9.17) is 13.9 Å². The summed E-state index contributed by atoms with van der Waals surface area (Å²) in [6, 6.07) is 20.7. The van der Waals surface area contributed by atoms with Crippen molar-refractivity contribution in [2.24, 2.45) is 11.3 Å². The minimum Gasteiger partial charge on any atom is -0.481 e. The number of carboxylic acids is 1. The van der Waals surface area contributed by atoms with E-state index in [-0.39, 0.29) is 23.8 Å². The fourth-order valence-electron chi connectivity index (χ4n) is 8.10. The van der Waals surface area contributed by atoms with Crippen LogP contribution in [0.25, 0.3) is 0 Å². The predicted molar refractivity (Wildman–Crippen MR) is 216 cm³/mol. The third kappa shape index (κ3) is 11.2. The van der Waals surface area contributed by atoms with Gasteiger partial charge in [0.05, 0.1) is 36.9 Å². The van der Waals surface area contributed by atoms with Crippen LogP contribution in [0.5, 0.6) is 0 Å². The van der Waals surface area contributed by atoms with Crippen LogP contribution in [-0.2, 0) is 18.7 Å². The van der Waals surface area contributed by atoms with Crippen LogP contribution in [0.15, 0.2) is 84.0 Å². The Kier molecular flexibility index (Phi) is 16.3. The van der Waals surface area contributed by atoms with Crippen LogP contribution in [0.4, 0.5) is 0 Å². The Morgan fingerprint density at radius 3 is 2.04 bits per heavy atom. The minimum atomic E-state index is -3.00. The lowest BCUT2D eigenvalue weighted by Crippen LogP contribution is -2.68. The highest BCUT2D eigenvalue weighted by Crippen LogP contribution is 2.43. The molecule has 1 saturated heterocycles. The molecule has 296 valence electrons. The first kappa shape index (κ1) is 44.8.